The van der Waals surface area contributed by atoms with Crippen LogP contribution in [0.5, 0.6) is 11.5 Å². The van der Waals surface area contributed by atoms with Crippen LogP contribution in [0, 0.1) is 0 Å². The Kier molecular flexibility index (Phi) is 5.94. The van der Waals surface area contributed by atoms with Crippen LogP contribution in [-0.4, -0.2) is 39.9 Å². The largest absolute Gasteiger partial charge is 0.497 e. The van der Waals surface area contributed by atoms with Gasteiger partial charge in [0.2, 0.25) is 5.82 Å². The maximum atomic E-state index is 12.3. The molecule has 0 spiro atoms. The molecular formula is C20H18N4O6S. The second-order valence-electron chi connectivity index (χ2n) is 6.37. The zero-order valence-corrected chi connectivity index (χ0v) is 17.5. The number of benzene rings is 1. The molecule has 3 heterocycles. The third kappa shape index (κ3) is 4.40. The normalized spacial score (nSPS) is 10.9. The summed E-state index contributed by atoms with van der Waals surface area (Å²) in [6, 6.07) is 6.91. The fourth-order valence-electron chi connectivity index (χ4n) is 2.88. The van der Waals surface area contributed by atoms with Gasteiger partial charge in [0, 0.05) is 12.6 Å². The molecule has 0 fully saturated rings. The molecule has 10 nitrogen and oxygen atoms in total. The molecule has 0 bridgehead atoms. The van der Waals surface area contributed by atoms with E-state index in [1.807, 2.05) is 0 Å². The lowest BCUT2D eigenvalue weighted by atomic mass is 10.2. The maximum Gasteiger partial charge on any atom is 0.308 e. The molecule has 4 rings (SSSR count). The number of carbonyl (C=O) groups is 1. The van der Waals surface area contributed by atoms with Crippen molar-refractivity contribution in [2.45, 2.75) is 19.6 Å². The van der Waals surface area contributed by atoms with Gasteiger partial charge in [0.05, 0.1) is 37.9 Å². The zero-order valence-electron chi connectivity index (χ0n) is 16.7. The van der Waals surface area contributed by atoms with E-state index in [1.54, 1.807) is 36.8 Å². The highest BCUT2D eigenvalue weighted by Gasteiger charge is 2.16. The Balaban J connectivity index is 1.35. The highest BCUT2D eigenvalue weighted by Crippen LogP contribution is 2.31. The molecule has 1 aromatic carbocycles. The minimum absolute atomic E-state index is 0.00449. The number of esters is 1. The van der Waals surface area contributed by atoms with Crippen LogP contribution in [0.1, 0.15) is 12.3 Å². The number of thiophene rings is 1. The molecule has 0 aliphatic rings. The van der Waals surface area contributed by atoms with Crippen molar-refractivity contribution in [3.05, 3.63) is 52.2 Å². The Morgan fingerprint density at radius 1 is 1.23 bits per heavy atom. The van der Waals surface area contributed by atoms with Crippen LogP contribution in [0.2, 0.25) is 0 Å². The summed E-state index contributed by atoms with van der Waals surface area (Å²) in [6.07, 6.45) is 1.44. The van der Waals surface area contributed by atoms with Gasteiger partial charge < -0.3 is 18.7 Å². The summed E-state index contributed by atoms with van der Waals surface area (Å²) in [5, 5.41) is 6.25. The van der Waals surface area contributed by atoms with Crippen LogP contribution < -0.4 is 15.0 Å². The predicted octanol–water partition coefficient (Wildman–Crippen LogP) is 2.66. The van der Waals surface area contributed by atoms with Crippen molar-refractivity contribution in [2.75, 3.05) is 14.2 Å². The second-order valence-corrected chi connectivity index (χ2v) is 7.27. The zero-order chi connectivity index (χ0) is 21.8. The van der Waals surface area contributed by atoms with Gasteiger partial charge in [-0.15, -0.1) is 11.3 Å². The maximum absolute atomic E-state index is 12.3. The van der Waals surface area contributed by atoms with Crippen molar-refractivity contribution in [2.24, 2.45) is 0 Å². The van der Waals surface area contributed by atoms with E-state index in [-0.39, 0.29) is 31.0 Å². The number of rotatable bonds is 8. The van der Waals surface area contributed by atoms with Crippen molar-refractivity contribution in [1.29, 1.82) is 0 Å². The first-order valence-electron chi connectivity index (χ1n) is 9.22. The fraction of sp³-hybridized carbons (Fsp3) is 0.250. The molecule has 160 valence electrons. The van der Waals surface area contributed by atoms with Crippen molar-refractivity contribution in [3.8, 4) is 22.9 Å². The lowest BCUT2D eigenvalue weighted by molar-refractivity contribution is -0.146. The number of methoxy groups -OCH3 is 2. The van der Waals surface area contributed by atoms with Crippen molar-refractivity contribution in [3.63, 3.8) is 0 Å². The lowest BCUT2D eigenvalue weighted by Crippen LogP contribution is -2.21. The van der Waals surface area contributed by atoms with Gasteiger partial charge in [-0.2, -0.15) is 4.98 Å². The van der Waals surface area contributed by atoms with Crippen molar-refractivity contribution >= 4 is 27.5 Å². The Bertz CT molecular complexity index is 1280. The molecule has 31 heavy (non-hydrogen) atoms. The standard InChI is InChI=1S/C20H18N4O6S/c1-27-12-3-4-13(15(9-12)28-2)18-22-16(30-23-18)10-29-17(25)5-7-24-11-21-19-14(20(24)26)6-8-31-19/h3-4,6,8-9,11H,5,7,10H2,1-2H3. The summed E-state index contributed by atoms with van der Waals surface area (Å²) in [7, 11) is 3.08. The quantitative estimate of drug-likeness (QED) is 0.379. The molecule has 0 saturated carbocycles. The molecule has 0 N–H and O–H groups in total. The molecule has 0 unspecified atom stereocenters. The number of ether oxygens (including phenoxy) is 3. The van der Waals surface area contributed by atoms with Gasteiger partial charge in [0.1, 0.15) is 16.3 Å². The van der Waals surface area contributed by atoms with E-state index in [9.17, 15) is 9.59 Å². The first kappa shape index (κ1) is 20.5. The Hall–Kier alpha value is -3.73. The number of fused-ring (bicyclic) bond motifs is 1. The van der Waals surface area contributed by atoms with Gasteiger partial charge in [0.15, 0.2) is 6.61 Å². The molecule has 0 aliphatic heterocycles. The molecule has 0 aliphatic carbocycles. The molecular weight excluding hydrogens is 424 g/mol. The average Bonchev–Trinajstić information content (AvgIpc) is 3.46. The highest BCUT2D eigenvalue weighted by molar-refractivity contribution is 7.16. The second kappa shape index (κ2) is 8.96. The van der Waals surface area contributed by atoms with Gasteiger partial charge in [-0.05, 0) is 23.6 Å². The number of hydrogen-bond donors (Lipinski definition) is 0. The SMILES string of the molecule is COc1ccc(-c2noc(COC(=O)CCn3cnc4sccc4c3=O)n2)c(OC)c1. The third-order valence-corrected chi connectivity index (χ3v) is 5.30. The van der Waals surface area contributed by atoms with E-state index in [1.165, 1.54) is 29.3 Å². The first-order valence-corrected chi connectivity index (χ1v) is 10.1. The van der Waals surface area contributed by atoms with Crippen LogP contribution in [-0.2, 0) is 22.7 Å². The van der Waals surface area contributed by atoms with Gasteiger partial charge in [-0.1, -0.05) is 5.16 Å². The van der Waals surface area contributed by atoms with Gasteiger partial charge in [0.25, 0.3) is 11.4 Å². The summed E-state index contributed by atoms with van der Waals surface area (Å²) in [5.74, 6) is 1.09. The minimum atomic E-state index is -0.501. The molecule has 0 atom stereocenters. The summed E-state index contributed by atoms with van der Waals surface area (Å²) in [4.78, 5) is 33.5. The third-order valence-electron chi connectivity index (χ3n) is 4.48. The molecule has 3 aromatic heterocycles. The smallest absolute Gasteiger partial charge is 0.308 e. The highest BCUT2D eigenvalue weighted by atomic mass is 32.1. The van der Waals surface area contributed by atoms with Gasteiger partial charge >= 0.3 is 5.97 Å². The molecule has 0 saturated heterocycles. The van der Waals surface area contributed by atoms with Crippen LogP contribution in [0.15, 0.2) is 45.3 Å². The summed E-state index contributed by atoms with van der Waals surface area (Å²) >= 11 is 1.39. The number of nitrogens with zero attached hydrogens (tertiary/aromatic N) is 4. The van der Waals surface area contributed by atoms with Crippen LogP contribution >= 0.6 is 11.3 Å². The van der Waals surface area contributed by atoms with E-state index in [0.29, 0.717) is 33.1 Å². The molecule has 4 aromatic rings. The van der Waals surface area contributed by atoms with Gasteiger partial charge in [-0.3, -0.25) is 14.2 Å². The first-order chi connectivity index (χ1) is 15.1. The Morgan fingerprint density at radius 2 is 2.10 bits per heavy atom. The number of carbonyl (C=O) groups excluding carboxylic acids is 1. The van der Waals surface area contributed by atoms with Crippen molar-refractivity contribution < 1.29 is 23.5 Å². The predicted molar refractivity (Wildman–Crippen MR) is 111 cm³/mol. The molecule has 0 amide bonds. The topological polar surface area (TPSA) is 119 Å². The van der Waals surface area contributed by atoms with E-state index >= 15 is 0 Å². The van der Waals surface area contributed by atoms with E-state index in [2.05, 4.69) is 15.1 Å². The fourth-order valence-corrected chi connectivity index (χ4v) is 3.61. The van der Waals surface area contributed by atoms with Crippen molar-refractivity contribution in [1.82, 2.24) is 19.7 Å². The van der Waals surface area contributed by atoms with E-state index in [0.717, 1.165) is 0 Å². The summed E-state index contributed by atoms with van der Waals surface area (Å²) in [6.45, 7) is -0.0183. The van der Waals surface area contributed by atoms with E-state index < -0.39 is 5.97 Å². The molecule has 11 heteroatoms. The number of aryl methyl sites for hydroxylation is 1. The summed E-state index contributed by atoms with van der Waals surface area (Å²) < 4.78 is 22.2. The van der Waals surface area contributed by atoms with E-state index in [4.69, 9.17) is 18.7 Å². The van der Waals surface area contributed by atoms with Gasteiger partial charge in [-0.25, -0.2) is 4.98 Å². The van der Waals surface area contributed by atoms with Crippen LogP contribution in [0.25, 0.3) is 21.6 Å². The average molecular weight is 442 g/mol. The monoisotopic (exact) mass is 442 g/mol. The lowest BCUT2D eigenvalue weighted by Gasteiger charge is -2.07. The Labute approximate surface area is 180 Å². The van der Waals surface area contributed by atoms with Crippen LogP contribution in [0.4, 0.5) is 0 Å². The minimum Gasteiger partial charge on any atom is -0.497 e. The van der Waals surface area contributed by atoms with Crippen LogP contribution in [0.3, 0.4) is 0 Å². The number of aromatic nitrogens is 4. The molecule has 0 radical (unpaired) electrons. The summed E-state index contributed by atoms with van der Waals surface area (Å²) in [5.41, 5.74) is 0.425. The Morgan fingerprint density at radius 3 is 2.90 bits per heavy atom. The number of hydrogen-bond acceptors (Lipinski definition) is 10.